The Morgan fingerprint density at radius 3 is 2.47 bits per heavy atom. The summed E-state index contributed by atoms with van der Waals surface area (Å²) in [5, 5.41) is 8.78. The normalized spacial score (nSPS) is 11.6. The summed E-state index contributed by atoms with van der Waals surface area (Å²) in [5.41, 5.74) is 0.683. The van der Waals surface area contributed by atoms with E-state index in [-0.39, 0.29) is 4.90 Å². The number of benzene rings is 1. The van der Waals surface area contributed by atoms with Crippen LogP contribution in [0.2, 0.25) is 0 Å². The smallest absolute Gasteiger partial charge is 0.243 e. The minimum Gasteiger partial charge on any atom is -0.243 e. The molecule has 1 aromatic carbocycles. The van der Waals surface area contributed by atoms with E-state index in [4.69, 9.17) is 0 Å². The van der Waals surface area contributed by atoms with E-state index < -0.39 is 10.0 Å². The van der Waals surface area contributed by atoms with Crippen LogP contribution in [0.1, 0.15) is 10.6 Å². The van der Waals surface area contributed by atoms with E-state index in [1.165, 1.54) is 18.4 Å². The van der Waals surface area contributed by atoms with Crippen LogP contribution in [0, 0.1) is 13.8 Å². The van der Waals surface area contributed by atoms with Gasteiger partial charge in [0.1, 0.15) is 5.01 Å². The van der Waals surface area contributed by atoms with Gasteiger partial charge in [-0.05, 0) is 37.6 Å². The molecule has 19 heavy (non-hydrogen) atoms. The number of hydrogen-bond acceptors (Lipinski definition) is 5. The summed E-state index contributed by atoms with van der Waals surface area (Å²) in [6.07, 6.45) is 0. The Morgan fingerprint density at radius 2 is 1.95 bits per heavy atom. The van der Waals surface area contributed by atoms with Crippen LogP contribution in [-0.4, -0.2) is 25.7 Å². The maximum atomic E-state index is 12.5. The summed E-state index contributed by atoms with van der Waals surface area (Å²) in [7, 11) is -2.12. The molecule has 0 N–H and O–H groups in total. The first-order valence-electron chi connectivity index (χ1n) is 5.37. The number of sulfonamides is 1. The number of nitrogens with zero attached hydrogens (tertiary/aromatic N) is 3. The van der Waals surface area contributed by atoms with Gasteiger partial charge in [-0.25, -0.2) is 12.7 Å². The fraction of sp³-hybridized carbons (Fsp3) is 0.273. The molecule has 0 bridgehead atoms. The van der Waals surface area contributed by atoms with Crippen molar-refractivity contribution in [1.82, 2.24) is 10.2 Å². The molecule has 5 nitrogen and oxygen atoms in total. The molecule has 102 valence electrons. The molecule has 0 fully saturated rings. The van der Waals surface area contributed by atoms with Crippen LogP contribution in [0.5, 0.6) is 0 Å². The van der Waals surface area contributed by atoms with Crippen molar-refractivity contribution in [1.29, 1.82) is 0 Å². The van der Waals surface area contributed by atoms with Crippen LogP contribution in [0.25, 0.3) is 0 Å². The van der Waals surface area contributed by atoms with Crippen molar-refractivity contribution in [2.45, 2.75) is 18.7 Å². The molecule has 0 unspecified atom stereocenters. The molecule has 0 atom stereocenters. The number of hydrogen-bond donors (Lipinski definition) is 0. The average molecular weight is 362 g/mol. The van der Waals surface area contributed by atoms with Crippen LogP contribution in [0.4, 0.5) is 5.13 Å². The van der Waals surface area contributed by atoms with Crippen molar-refractivity contribution in [3.8, 4) is 0 Å². The molecule has 0 spiro atoms. The van der Waals surface area contributed by atoms with Gasteiger partial charge in [0, 0.05) is 11.5 Å². The average Bonchev–Trinajstić information content (AvgIpc) is 2.74. The van der Waals surface area contributed by atoms with Crippen LogP contribution in [-0.2, 0) is 10.0 Å². The molecule has 0 aliphatic heterocycles. The first-order chi connectivity index (χ1) is 8.82. The zero-order valence-corrected chi connectivity index (χ0v) is 13.8. The fourth-order valence-electron chi connectivity index (χ4n) is 1.57. The molecule has 0 saturated heterocycles. The van der Waals surface area contributed by atoms with E-state index in [1.807, 2.05) is 0 Å². The largest absolute Gasteiger partial charge is 0.266 e. The molecule has 8 heteroatoms. The molecule has 1 aromatic heterocycles. The lowest BCUT2D eigenvalue weighted by atomic mass is 10.2. The van der Waals surface area contributed by atoms with Crippen molar-refractivity contribution >= 4 is 42.4 Å². The highest BCUT2D eigenvalue weighted by molar-refractivity contribution is 9.10. The van der Waals surface area contributed by atoms with E-state index >= 15 is 0 Å². The Morgan fingerprint density at radius 1 is 1.26 bits per heavy atom. The van der Waals surface area contributed by atoms with Gasteiger partial charge in [0.2, 0.25) is 5.13 Å². The summed E-state index contributed by atoms with van der Waals surface area (Å²) in [6.45, 7) is 3.54. The van der Waals surface area contributed by atoms with E-state index in [0.717, 1.165) is 13.8 Å². The molecule has 0 aliphatic rings. The van der Waals surface area contributed by atoms with E-state index in [0.29, 0.717) is 10.7 Å². The maximum absolute atomic E-state index is 12.5. The van der Waals surface area contributed by atoms with Gasteiger partial charge in [-0.15, -0.1) is 10.2 Å². The van der Waals surface area contributed by atoms with E-state index in [9.17, 15) is 8.42 Å². The third-order valence-electron chi connectivity index (χ3n) is 2.56. The van der Waals surface area contributed by atoms with E-state index in [1.54, 1.807) is 32.0 Å². The van der Waals surface area contributed by atoms with Gasteiger partial charge < -0.3 is 0 Å². The summed E-state index contributed by atoms with van der Waals surface area (Å²) in [4.78, 5) is 0.269. The summed E-state index contributed by atoms with van der Waals surface area (Å²) < 4.78 is 27.1. The molecule has 0 radical (unpaired) electrons. The SMILES string of the molecule is Cc1nnc(N(C)S(=O)(=O)c2ccc(Br)cc2C)s1. The van der Waals surface area contributed by atoms with Crippen molar-refractivity contribution < 1.29 is 8.42 Å². The molecule has 2 aromatic rings. The van der Waals surface area contributed by atoms with Gasteiger partial charge in [0.15, 0.2) is 0 Å². The van der Waals surface area contributed by atoms with Crippen LogP contribution in [0.3, 0.4) is 0 Å². The van der Waals surface area contributed by atoms with Crippen molar-refractivity contribution in [3.63, 3.8) is 0 Å². The summed E-state index contributed by atoms with van der Waals surface area (Å²) in [5.74, 6) is 0. The Kier molecular flexibility index (Phi) is 3.93. The molecular formula is C11H12BrN3O2S2. The highest BCUT2D eigenvalue weighted by atomic mass is 79.9. The summed E-state index contributed by atoms with van der Waals surface area (Å²) in [6, 6.07) is 5.06. The highest BCUT2D eigenvalue weighted by Crippen LogP contribution is 2.27. The summed E-state index contributed by atoms with van der Waals surface area (Å²) >= 11 is 4.56. The van der Waals surface area contributed by atoms with E-state index in [2.05, 4.69) is 26.1 Å². The van der Waals surface area contributed by atoms with Crippen LogP contribution in [0.15, 0.2) is 27.6 Å². The monoisotopic (exact) mass is 361 g/mol. The van der Waals surface area contributed by atoms with Gasteiger partial charge in [0.05, 0.1) is 4.90 Å². The minimum absolute atomic E-state index is 0.269. The lowest BCUT2D eigenvalue weighted by Gasteiger charge is -2.17. The van der Waals surface area contributed by atoms with Gasteiger partial charge in [-0.3, -0.25) is 0 Å². The first kappa shape index (κ1) is 14.4. The highest BCUT2D eigenvalue weighted by Gasteiger charge is 2.25. The Hall–Kier alpha value is -0.990. The third kappa shape index (κ3) is 2.80. The fourth-order valence-corrected chi connectivity index (χ4v) is 4.25. The number of aromatic nitrogens is 2. The molecule has 0 saturated carbocycles. The zero-order chi connectivity index (χ0) is 14.2. The Labute approximate surface area is 124 Å². The predicted molar refractivity (Wildman–Crippen MR) is 79.1 cm³/mol. The molecule has 0 amide bonds. The Balaban J connectivity index is 2.47. The second kappa shape index (κ2) is 5.18. The first-order valence-corrected chi connectivity index (χ1v) is 8.42. The Bertz CT molecular complexity index is 712. The second-order valence-corrected chi connectivity index (χ2v) is 8.00. The van der Waals surface area contributed by atoms with Crippen LogP contribution < -0.4 is 4.31 Å². The number of halogens is 1. The lowest BCUT2D eigenvalue weighted by molar-refractivity contribution is 0.593. The van der Waals surface area contributed by atoms with Gasteiger partial charge >= 0.3 is 0 Å². The van der Waals surface area contributed by atoms with Gasteiger partial charge in [-0.1, -0.05) is 27.3 Å². The number of rotatable bonds is 3. The van der Waals surface area contributed by atoms with Crippen molar-refractivity contribution in [3.05, 3.63) is 33.2 Å². The standard InChI is InChI=1S/C11H12BrN3O2S2/c1-7-6-9(12)4-5-10(7)19(16,17)15(3)11-14-13-8(2)18-11/h4-6H,1-3H3. The molecular weight excluding hydrogens is 350 g/mol. The predicted octanol–water partition coefficient (Wildman–Crippen LogP) is 2.74. The topological polar surface area (TPSA) is 63.2 Å². The zero-order valence-electron chi connectivity index (χ0n) is 10.6. The van der Waals surface area contributed by atoms with Crippen molar-refractivity contribution in [2.75, 3.05) is 11.4 Å². The molecule has 2 rings (SSSR count). The van der Waals surface area contributed by atoms with Crippen LogP contribution >= 0.6 is 27.3 Å². The van der Waals surface area contributed by atoms with Gasteiger partial charge in [0.25, 0.3) is 10.0 Å². The minimum atomic E-state index is -3.61. The van der Waals surface area contributed by atoms with Crippen molar-refractivity contribution in [2.24, 2.45) is 0 Å². The maximum Gasteiger partial charge on any atom is 0.266 e. The third-order valence-corrected chi connectivity index (χ3v) is 5.99. The second-order valence-electron chi connectivity index (χ2n) is 3.99. The van der Waals surface area contributed by atoms with Gasteiger partial charge in [-0.2, -0.15) is 0 Å². The molecule has 1 heterocycles. The quantitative estimate of drug-likeness (QED) is 0.842. The molecule has 0 aliphatic carbocycles. The number of aryl methyl sites for hydroxylation is 2. The lowest BCUT2D eigenvalue weighted by Crippen LogP contribution is -2.27. The number of anilines is 1.